The Morgan fingerprint density at radius 3 is 2.50 bits per heavy atom. The molecule has 0 radical (unpaired) electrons. The highest BCUT2D eigenvalue weighted by Gasteiger charge is 2.33. The molecule has 4 aromatic rings. The van der Waals surface area contributed by atoms with Gasteiger partial charge in [0.1, 0.15) is 23.3 Å². The first-order valence-corrected chi connectivity index (χ1v) is 14.8. The van der Waals surface area contributed by atoms with Crippen molar-refractivity contribution in [3.8, 4) is 23.0 Å². The highest BCUT2D eigenvalue weighted by Crippen LogP contribution is 2.36. The lowest BCUT2D eigenvalue weighted by Gasteiger charge is -2.41. The van der Waals surface area contributed by atoms with Gasteiger partial charge in [-0.05, 0) is 63.4 Å². The van der Waals surface area contributed by atoms with E-state index in [1.54, 1.807) is 41.3 Å². The lowest BCUT2D eigenvalue weighted by molar-refractivity contribution is 0.0218. The van der Waals surface area contributed by atoms with Gasteiger partial charge in [0.05, 0.1) is 27.4 Å². The zero-order chi connectivity index (χ0) is 31.9. The van der Waals surface area contributed by atoms with E-state index in [-0.39, 0.29) is 39.5 Å². The van der Waals surface area contributed by atoms with Crippen LogP contribution in [0.1, 0.15) is 58.6 Å². The highest BCUT2D eigenvalue weighted by molar-refractivity contribution is 6.33. The van der Waals surface area contributed by atoms with Gasteiger partial charge in [-0.2, -0.15) is 10.2 Å². The molecule has 0 N–H and O–H groups in total. The molecule has 44 heavy (non-hydrogen) atoms. The number of fused-ring (bicyclic) bond motifs is 1. The van der Waals surface area contributed by atoms with Crippen molar-refractivity contribution in [2.45, 2.75) is 59.1 Å². The monoisotopic (exact) mass is 616 g/mol. The average molecular weight is 617 g/mol. The quantitative estimate of drug-likeness (QED) is 0.252. The van der Waals surface area contributed by atoms with Crippen LogP contribution in [0.3, 0.4) is 0 Å². The Morgan fingerprint density at radius 1 is 1.14 bits per heavy atom. The molecule has 5 rings (SSSR count). The number of amides is 1. The van der Waals surface area contributed by atoms with Gasteiger partial charge in [0, 0.05) is 31.2 Å². The lowest BCUT2D eigenvalue weighted by Crippen LogP contribution is -2.55. The molecule has 1 amide bonds. The van der Waals surface area contributed by atoms with Gasteiger partial charge in [-0.15, -0.1) is 0 Å². The Labute approximate surface area is 260 Å². The number of aromatic nitrogens is 3. The number of para-hydroxylation sites is 1. The van der Waals surface area contributed by atoms with E-state index in [1.807, 2.05) is 52.5 Å². The number of rotatable bonds is 4. The number of piperazine rings is 1. The first kappa shape index (κ1) is 31.0. The summed E-state index contributed by atoms with van der Waals surface area (Å²) < 4.78 is 21.9. The molecule has 0 saturated carbocycles. The third-order valence-electron chi connectivity index (χ3n) is 7.51. The van der Waals surface area contributed by atoms with E-state index < -0.39 is 23.2 Å². The van der Waals surface area contributed by atoms with Crippen LogP contribution >= 0.6 is 11.6 Å². The van der Waals surface area contributed by atoms with E-state index in [0.717, 1.165) is 5.56 Å². The van der Waals surface area contributed by atoms with E-state index >= 15 is 0 Å². The number of anilines is 1. The molecule has 1 aliphatic rings. The molecular formula is C33H34ClFN6O3. The van der Waals surface area contributed by atoms with Crippen molar-refractivity contribution < 1.29 is 13.9 Å². The van der Waals surface area contributed by atoms with Gasteiger partial charge in [0.15, 0.2) is 5.65 Å². The van der Waals surface area contributed by atoms with Gasteiger partial charge in [-0.25, -0.2) is 23.5 Å². The minimum absolute atomic E-state index is 0.0424. The Bertz CT molecular complexity index is 1860. The minimum Gasteiger partial charge on any atom is -0.444 e. The van der Waals surface area contributed by atoms with Crippen LogP contribution in [0.2, 0.25) is 5.02 Å². The Balaban J connectivity index is 1.74. The number of hydrogen-bond acceptors (Lipinski definition) is 7. The molecule has 228 valence electrons. The summed E-state index contributed by atoms with van der Waals surface area (Å²) in [4.78, 5) is 39.8. The maximum atomic E-state index is 15.0. The summed E-state index contributed by atoms with van der Waals surface area (Å²) in [5.41, 5.74) is 0.647. The molecule has 0 aliphatic carbocycles. The van der Waals surface area contributed by atoms with Crippen LogP contribution < -0.4 is 10.6 Å². The molecular weight excluding hydrogens is 583 g/mol. The molecule has 1 saturated heterocycles. The topological polar surface area (TPSA) is 104 Å². The Hall–Kier alpha value is -4.49. The number of carbonyl (C=O) groups excluding carboxylic acids is 1. The predicted molar refractivity (Wildman–Crippen MR) is 169 cm³/mol. The van der Waals surface area contributed by atoms with Crippen molar-refractivity contribution >= 4 is 34.5 Å². The highest BCUT2D eigenvalue weighted by atomic mass is 35.5. The molecule has 3 heterocycles. The average Bonchev–Trinajstić information content (AvgIpc) is 2.96. The minimum atomic E-state index is -0.645. The number of benzene rings is 2. The van der Waals surface area contributed by atoms with Gasteiger partial charge >= 0.3 is 11.8 Å². The largest absolute Gasteiger partial charge is 0.444 e. The second-order valence-corrected chi connectivity index (χ2v) is 12.6. The first-order valence-electron chi connectivity index (χ1n) is 14.5. The van der Waals surface area contributed by atoms with E-state index in [4.69, 9.17) is 21.3 Å². The zero-order valence-corrected chi connectivity index (χ0v) is 26.3. The number of carbonyl (C=O) groups is 1. The van der Waals surface area contributed by atoms with Gasteiger partial charge in [-0.1, -0.05) is 49.7 Å². The van der Waals surface area contributed by atoms with Crippen molar-refractivity contribution in [1.82, 2.24) is 19.4 Å². The molecule has 0 unspecified atom stereocenters. The summed E-state index contributed by atoms with van der Waals surface area (Å²) >= 11 is 6.78. The number of hydrogen-bond donors (Lipinski definition) is 0. The van der Waals surface area contributed by atoms with Crippen LogP contribution in [0.4, 0.5) is 15.0 Å². The third kappa shape index (κ3) is 5.84. The number of halogens is 2. The second kappa shape index (κ2) is 11.9. The smallest absolute Gasteiger partial charge is 0.410 e. The molecule has 11 heteroatoms. The van der Waals surface area contributed by atoms with Crippen LogP contribution in [0.5, 0.6) is 0 Å². The number of nitrogens with zero attached hydrogens (tertiary/aromatic N) is 6. The van der Waals surface area contributed by atoms with Crippen LogP contribution in [0, 0.1) is 17.1 Å². The van der Waals surface area contributed by atoms with E-state index in [9.17, 15) is 19.2 Å². The van der Waals surface area contributed by atoms with Gasteiger partial charge < -0.3 is 14.5 Å². The summed E-state index contributed by atoms with van der Waals surface area (Å²) in [6.07, 6.45) is -0.411. The molecule has 0 bridgehead atoms. The predicted octanol–water partition coefficient (Wildman–Crippen LogP) is 6.68. The maximum Gasteiger partial charge on any atom is 0.410 e. The molecule has 0 spiro atoms. The Kier molecular flexibility index (Phi) is 8.36. The molecule has 9 nitrogen and oxygen atoms in total. The molecule has 2 aromatic heterocycles. The van der Waals surface area contributed by atoms with Crippen molar-refractivity contribution in [1.29, 1.82) is 5.26 Å². The number of pyridine rings is 1. The van der Waals surface area contributed by atoms with Crippen LogP contribution in [0.15, 0.2) is 53.3 Å². The van der Waals surface area contributed by atoms with Crippen LogP contribution in [0.25, 0.3) is 28.0 Å². The van der Waals surface area contributed by atoms with E-state index in [1.165, 1.54) is 10.6 Å². The summed E-state index contributed by atoms with van der Waals surface area (Å²) in [5, 5.41) is 10.7. The van der Waals surface area contributed by atoms with Crippen molar-refractivity contribution in [3.05, 3.63) is 81.0 Å². The zero-order valence-electron chi connectivity index (χ0n) is 25.6. The summed E-state index contributed by atoms with van der Waals surface area (Å²) in [5.74, 6) is -0.219. The molecule has 1 atom stereocenters. The fourth-order valence-electron chi connectivity index (χ4n) is 5.50. The van der Waals surface area contributed by atoms with E-state index in [2.05, 4.69) is 11.1 Å². The fourth-order valence-corrected chi connectivity index (χ4v) is 5.75. The van der Waals surface area contributed by atoms with Crippen LogP contribution in [-0.2, 0) is 4.74 Å². The van der Waals surface area contributed by atoms with Crippen molar-refractivity contribution in [3.63, 3.8) is 0 Å². The SMILES string of the molecule is CC(C)c1cccc(C#N)c1-n1c(=O)nc(N2CCN(C(=O)OC(C)(C)C)C[C@@H]2C)c2cc(Cl)c(-c3ccccc3F)nc21. The summed E-state index contributed by atoms with van der Waals surface area (Å²) in [7, 11) is 0. The van der Waals surface area contributed by atoms with Gasteiger partial charge in [-0.3, -0.25) is 0 Å². The van der Waals surface area contributed by atoms with Crippen LogP contribution in [-0.4, -0.2) is 56.8 Å². The fraction of sp³-hybridized carbons (Fsp3) is 0.364. The second-order valence-electron chi connectivity index (χ2n) is 12.2. The van der Waals surface area contributed by atoms with Gasteiger partial charge in [0.25, 0.3) is 0 Å². The maximum absolute atomic E-state index is 15.0. The lowest BCUT2D eigenvalue weighted by atomic mass is 9.97. The molecule has 2 aromatic carbocycles. The third-order valence-corrected chi connectivity index (χ3v) is 7.80. The normalized spacial score (nSPS) is 15.5. The van der Waals surface area contributed by atoms with Gasteiger partial charge in [0.2, 0.25) is 0 Å². The molecule has 1 aliphatic heterocycles. The summed E-state index contributed by atoms with van der Waals surface area (Å²) in [6, 6.07) is 15.0. The van der Waals surface area contributed by atoms with Crippen molar-refractivity contribution in [2.24, 2.45) is 0 Å². The summed E-state index contributed by atoms with van der Waals surface area (Å²) in [6.45, 7) is 12.4. The molecule has 1 fully saturated rings. The first-order chi connectivity index (χ1) is 20.8. The number of nitriles is 1. The Morgan fingerprint density at radius 2 is 1.86 bits per heavy atom. The number of ether oxygens (including phenoxy) is 1. The standard InChI is InChI=1S/C33H34ClFN6O3/c1-19(2)22-12-9-10-21(17-36)28(22)41-30-24(16-25(34)27(37-30)23-11-7-8-13-26(23)35)29(38-31(41)42)40-15-14-39(18-20(40)3)32(43)44-33(4,5)6/h7-13,16,19-20H,14-15,18H2,1-6H3/t20-/m0/s1. The van der Waals surface area contributed by atoms with E-state index in [0.29, 0.717) is 36.5 Å². The van der Waals surface area contributed by atoms with Crippen molar-refractivity contribution in [2.75, 3.05) is 24.5 Å².